The van der Waals surface area contributed by atoms with Gasteiger partial charge in [0.05, 0.1) is 12.6 Å². The molecule has 1 aliphatic rings. The van der Waals surface area contributed by atoms with Gasteiger partial charge < -0.3 is 20.9 Å². The topological polar surface area (TPSA) is 91.2 Å². The van der Waals surface area contributed by atoms with Gasteiger partial charge in [0, 0.05) is 33.4 Å². The van der Waals surface area contributed by atoms with Crippen molar-refractivity contribution in [1.82, 2.24) is 9.88 Å². The molecule has 1 aliphatic heterocycles. The quantitative estimate of drug-likeness (QED) is 0.540. The van der Waals surface area contributed by atoms with Crippen LogP contribution in [-0.2, 0) is 17.6 Å². The van der Waals surface area contributed by atoms with Crippen LogP contribution in [0.15, 0.2) is 41.2 Å². The van der Waals surface area contributed by atoms with Crippen LogP contribution in [-0.4, -0.2) is 35.4 Å². The van der Waals surface area contributed by atoms with Crippen LogP contribution in [0.25, 0.3) is 10.8 Å². The number of benzene rings is 2. The molecule has 0 saturated carbocycles. The van der Waals surface area contributed by atoms with Gasteiger partial charge in [0.25, 0.3) is 5.56 Å². The van der Waals surface area contributed by atoms with Crippen molar-refractivity contribution in [2.75, 3.05) is 25.0 Å². The first-order valence-electron chi connectivity index (χ1n) is 10.2. The van der Waals surface area contributed by atoms with E-state index in [0.717, 1.165) is 27.9 Å². The molecule has 1 aromatic heterocycles. The second kappa shape index (κ2) is 8.91. The molecule has 1 amide bonds. The second-order valence-electron chi connectivity index (χ2n) is 7.79. The van der Waals surface area contributed by atoms with E-state index >= 15 is 0 Å². The molecule has 6 nitrogen and oxygen atoms in total. The number of rotatable bonds is 5. The maximum atomic E-state index is 13.0. The molecule has 0 bridgehead atoms. The lowest BCUT2D eigenvalue weighted by atomic mass is 9.93. The molecule has 162 valence electrons. The molecule has 8 heteroatoms. The summed E-state index contributed by atoms with van der Waals surface area (Å²) in [6.07, 6.45) is 1.32. The Labute approximate surface area is 190 Å². The van der Waals surface area contributed by atoms with E-state index in [1.807, 2.05) is 30.0 Å². The third-order valence-corrected chi connectivity index (χ3v) is 6.30. The van der Waals surface area contributed by atoms with Gasteiger partial charge in [-0.05, 0) is 79.2 Å². The number of amides is 1. The lowest BCUT2D eigenvalue weighted by molar-refractivity contribution is -0.131. The molecule has 31 heavy (non-hydrogen) atoms. The largest absolute Gasteiger partial charge is 0.376 e. The molecule has 0 spiro atoms. The highest BCUT2D eigenvalue weighted by Gasteiger charge is 2.29. The number of fused-ring (bicyclic) bond motifs is 2. The number of aromatic amines is 1. The van der Waals surface area contributed by atoms with Crippen molar-refractivity contribution in [1.29, 1.82) is 0 Å². The van der Waals surface area contributed by atoms with Crippen molar-refractivity contribution in [2.45, 2.75) is 25.8 Å². The van der Waals surface area contributed by atoms with Crippen molar-refractivity contribution in [3.05, 3.63) is 73.6 Å². The van der Waals surface area contributed by atoms with Gasteiger partial charge in [0.15, 0.2) is 0 Å². The van der Waals surface area contributed by atoms with Crippen molar-refractivity contribution < 1.29 is 4.79 Å². The molecule has 0 aliphatic carbocycles. The fourth-order valence-electron chi connectivity index (χ4n) is 4.25. The summed E-state index contributed by atoms with van der Waals surface area (Å²) in [6, 6.07) is 10.9. The van der Waals surface area contributed by atoms with E-state index in [9.17, 15) is 9.59 Å². The number of hydrogen-bond donors (Lipinski definition) is 3. The van der Waals surface area contributed by atoms with Gasteiger partial charge in [0.2, 0.25) is 5.91 Å². The predicted octanol–water partition coefficient (Wildman–Crippen LogP) is 3.89. The molecule has 0 fully saturated rings. The molecule has 0 saturated heterocycles. The molecule has 0 radical (unpaired) electrons. The van der Waals surface area contributed by atoms with Crippen LogP contribution in [0.4, 0.5) is 5.69 Å². The minimum Gasteiger partial charge on any atom is -0.376 e. The van der Waals surface area contributed by atoms with E-state index in [4.69, 9.17) is 28.9 Å². The summed E-state index contributed by atoms with van der Waals surface area (Å²) in [4.78, 5) is 29.9. The first-order valence-corrected chi connectivity index (χ1v) is 11.0. The number of nitrogens with two attached hydrogens (primary N) is 1. The van der Waals surface area contributed by atoms with Crippen LogP contribution in [0, 0.1) is 0 Å². The zero-order valence-electron chi connectivity index (χ0n) is 17.2. The number of anilines is 1. The highest BCUT2D eigenvalue weighted by molar-refractivity contribution is 6.35. The summed E-state index contributed by atoms with van der Waals surface area (Å²) < 4.78 is 0. The lowest BCUT2D eigenvalue weighted by Gasteiger charge is -2.36. The Morgan fingerprint density at radius 2 is 2.06 bits per heavy atom. The molecule has 4 rings (SSSR count). The Balaban J connectivity index is 1.49. The number of aromatic nitrogens is 1. The summed E-state index contributed by atoms with van der Waals surface area (Å²) in [5.74, 6) is -0.0148. The summed E-state index contributed by atoms with van der Waals surface area (Å²) in [7, 11) is 0. The molecule has 1 unspecified atom stereocenters. The summed E-state index contributed by atoms with van der Waals surface area (Å²) in [5.41, 5.74) is 9.09. The third kappa shape index (κ3) is 4.42. The van der Waals surface area contributed by atoms with Gasteiger partial charge in [-0.1, -0.05) is 23.2 Å². The van der Waals surface area contributed by atoms with Crippen LogP contribution in [0.3, 0.4) is 0 Å². The van der Waals surface area contributed by atoms with Gasteiger partial charge in [-0.2, -0.15) is 0 Å². The van der Waals surface area contributed by atoms with Crippen molar-refractivity contribution in [3.63, 3.8) is 0 Å². The molecular formula is C23H24Cl2N4O2. The minimum atomic E-state index is -0.138. The van der Waals surface area contributed by atoms with Gasteiger partial charge >= 0.3 is 0 Å². The van der Waals surface area contributed by atoms with Crippen LogP contribution in [0.5, 0.6) is 0 Å². The summed E-state index contributed by atoms with van der Waals surface area (Å²) in [6.45, 7) is 3.20. The van der Waals surface area contributed by atoms with Crippen LogP contribution < -0.4 is 16.6 Å². The first kappa shape index (κ1) is 21.7. The smallest absolute Gasteiger partial charge is 0.256 e. The number of nitrogens with one attached hydrogen (secondary N) is 2. The van der Waals surface area contributed by atoms with Crippen LogP contribution in [0.2, 0.25) is 10.0 Å². The van der Waals surface area contributed by atoms with E-state index in [0.29, 0.717) is 41.4 Å². The van der Waals surface area contributed by atoms with Crippen molar-refractivity contribution in [3.8, 4) is 0 Å². The highest BCUT2D eigenvalue weighted by atomic mass is 35.5. The Morgan fingerprint density at radius 1 is 1.26 bits per heavy atom. The van der Waals surface area contributed by atoms with Crippen LogP contribution >= 0.6 is 23.2 Å². The second-order valence-corrected chi connectivity index (χ2v) is 8.64. The molecule has 4 N–H and O–H groups in total. The number of carbonyl (C=O) groups excluding carboxylic acids is 1. The zero-order valence-corrected chi connectivity index (χ0v) is 18.7. The van der Waals surface area contributed by atoms with E-state index in [1.54, 1.807) is 18.2 Å². The normalized spacial score (nSPS) is 15.7. The Bertz CT molecular complexity index is 1210. The maximum absolute atomic E-state index is 13.0. The maximum Gasteiger partial charge on any atom is 0.256 e. The Morgan fingerprint density at radius 3 is 2.84 bits per heavy atom. The number of H-pyrrole nitrogens is 1. The van der Waals surface area contributed by atoms with Crippen LogP contribution in [0.1, 0.15) is 29.8 Å². The number of halogens is 2. The molecule has 3 aromatic rings. The van der Waals surface area contributed by atoms with Gasteiger partial charge in [-0.15, -0.1) is 0 Å². The average Bonchev–Trinajstić information content (AvgIpc) is 2.71. The van der Waals surface area contributed by atoms with Crippen molar-refractivity contribution in [2.24, 2.45) is 5.73 Å². The number of pyridine rings is 1. The standard InChI is InChI=1S/C23H24Cl2N4O2/c1-13-22-14(8-16(24)11-20(22)25)5-7-29(13)21(30)12-27-17-2-3-19-15(9-17)10-18(4-6-26)28-23(19)31/h2-3,8-11,13,27H,4-7,12,26H2,1H3,(H,28,31). The van der Waals surface area contributed by atoms with E-state index in [-0.39, 0.29) is 24.1 Å². The van der Waals surface area contributed by atoms with Crippen molar-refractivity contribution >= 4 is 45.6 Å². The fraction of sp³-hybridized carbons (Fsp3) is 0.304. The van der Waals surface area contributed by atoms with Gasteiger partial charge in [-0.25, -0.2) is 0 Å². The fourth-order valence-corrected chi connectivity index (χ4v) is 4.94. The first-order chi connectivity index (χ1) is 14.9. The average molecular weight is 459 g/mol. The molecule has 2 heterocycles. The number of carbonyl (C=O) groups is 1. The lowest BCUT2D eigenvalue weighted by Crippen LogP contribution is -2.41. The zero-order chi connectivity index (χ0) is 22.1. The summed E-state index contributed by atoms with van der Waals surface area (Å²) in [5, 5.41) is 5.81. The van der Waals surface area contributed by atoms with Gasteiger partial charge in [-0.3, -0.25) is 9.59 Å². The third-order valence-electron chi connectivity index (χ3n) is 5.77. The SMILES string of the molecule is CC1c2c(Cl)cc(Cl)cc2CCN1C(=O)CNc1ccc2c(=O)[nH]c(CCN)cc2c1. The Hall–Kier alpha value is -2.54. The monoisotopic (exact) mass is 458 g/mol. The van der Waals surface area contributed by atoms with E-state index < -0.39 is 0 Å². The molecular weight excluding hydrogens is 435 g/mol. The molecule has 2 aromatic carbocycles. The Kier molecular flexibility index (Phi) is 6.23. The number of hydrogen-bond acceptors (Lipinski definition) is 4. The minimum absolute atomic E-state index is 0.0148. The van der Waals surface area contributed by atoms with E-state index in [1.165, 1.54) is 0 Å². The van der Waals surface area contributed by atoms with Gasteiger partial charge in [0.1, 0.15) is 0 Å². The predicted molar refractivity (Wildman–Crippen MR) is 126 cm³/mol. The number of nitrogens with zero attached hydrogens (tertiary/aromatic N) is 1. The van der Waals surface area contributed by atoms with E-state index in [2.05, 4.69) is 10.3 Å². The highest BCUT2D eigenvalue weighted by Crippen LogP contribution is 2.36. The summed E-state index contributed by atoms with van der Waals surface area (Å²) >= 11 is 12.5. The molecule has 1 atom stereocenters.